The normalized spacial score (nSPS) is 17.0. The van der Waals surface area contributed by atoms with Crippen LogP contribution in [0.1, 0.15) is 19.8 Å². The molecule has 1 amide bonds. The minimum absolute atomic E-state index is 0.0384. The van der Waals surface area contributed by atoms with E-state index in [1.807, 2.05) is 31.2 Å². The summed E-state index contributed by atoms with van der Waals surface area (Å²) < 4.78 is 10.9. The van der Waals surface area contributed by atoms with Crippen LogP contribution in [0.15, 0.2) is 24.3 Å². The third kappa shape index (κ3) is 4.29. The van der Waals surface area contributed by atoms with E-state index >= 15 is 0 Å². The number of amides is 1. The molecule has 1 aliphatic rings. The van der Waals surface area contributed by atoms with Crippen molar-refractivity contribution < 1.29 is 14.3 Å². The number of ether oxygens (including phenoxy) is 2. The Bertz CT molecular complexity index is 665. The van der Waals surface area contributed by atoms with Crippen LogP contribution in [0.4, 0.5) is 0 Å². The number of carbonyl (C=O) groups excluding carboxylic acids is 1. The lowest BCUT2D eigenvalue weighted by molar-refractivity contribution is -0.122. The van der Waals surface area contributed by atoms with Gasteiger partial charge in [-0.15, -0.1) is 10.2 Å². The molecule has 0 aliphatic carbocycles. The van der Waals surface area contributed by atoms with Crippen molar-refractivity contribution in [3.8, 4) is 17.1 Å². The molecule has 1 unspecified atom stereocenters. The van der Waals surface area contributed by atoms with Gasteiger partial charge in [-0.1, -0.05) is 0 Å². The smallest absolute Gasteiger partial charge is 0.243 e. The van der Waals surface area contributed by atoms with Crippen LogP contribution in [0.5, 0.6) is 5.75 Å². The molecule has 0 bridgehead atoms. The van der Waals surface area contributed by atoms with E-state index in [-0.39, 0.29) is 18.6 Å². The Morgan fingerprint density at radius 3 is 2.96 bits per heavy atom. The monoisotopic (exact) mass is 331 g/mol. The van der Waals surface area contributed by atoms with Gasteiger partial charge < -0.3 is 14.8 Å². The first-order valence-electron chi connectivity index (χ1n) is 8.14. The number of nitrogens with one attached hydrogen (secondary N) is 1. The third-order valence-electron chi connectivity index (χ3n) is 3.71. The van der Waals surface area contributed by atoms with Crippen LogP contribution < -0.4 is 10.1 Å². The second kappa shape index (κ2) is 7.87. The number of hydrogen-bond acceptors (Lipinski definition) is 6. The largest absolute Gasteiger partial charge is 0.494 e. The first-order chi connectivity index (χ1) is 11.7. The third-order valence-corrected chi connectivity index (χ3v) is 3.71. The molecule has 0 radical (unpaired) electrons. The zero-order valence-corrected chi connectivity index (χ0v) is 13.6. The molecule has 1 fully saturated rings. The van der Waals surface area contributed by atoms with Crippen LogP contribution in [0, 0.1) is 0 Å². The summed E-state index contributed by atoms with van der Waals surface area (Å²) in [5, 5.41) is 15.0. The van der Waals surface area contributed by atoms with Gasteiger partial charge in [0.2, 0.25) is 11.7 Å². The van der Waals surface area contributed by atoms with E-state index in [2.05, 4.69) is 20.7 Å². The fourth-order valence-corrected chi connectivity index (χ4v) is 2.51. The van der Waals surface area contributed by atoms with Gasteiger partial charge in [0.15, 0.2) is 0 Å². The molecule has 0 spiro atoms. The molecular formula is C16H21N5O3. The van der Waals surface area contributed by atoms with E-state index in [0.717, 1.165) is 30.8 Å². The Kier molecular flexibility index (Phi) is 5.37. The van der Waals surface area contributed by atoms with Gasteiger partial charge >= 0.3 is 0 Å². The number of rotatable bonds is 7. The van der Waals surface area contributed by atoms with Crippen molar-refractivity contribution in [3.63, 3.8) is 0 Å². The zero-order valence-electron chi connectivity index (χ0n) is 13.6. The van der Waals surface area contributed by atoms with Crippen LogP contribution in [-0.2, 0) is 16.1 Å². The zero-order chi connectivity index (χ0) is 16.8. The number of aromatic nitrogens is 4. The number of carbonyl (C=O) groups is 1. The average molecular weight is 331 g/mol. The molecule has 8 heteroatoms. The summed E-state index contributed by atoms with van der Waals surface area (Å²) in [7, 11) is 0. The van der Waals surface area contributed by atoms with Crippen LogP contribution in [0.25, 0.3) is 11.4 Å². The summed E-state index contributed by atoms with van der Waals surface area (Å²) in [4.78, 5) is 13.2. The summed E-state index contributed by atoms with van der Waals surface area (Å²) in [6.45, 7) is 3.90. The average Bonchev–Trinajstić information content (AvgIpc) is 3.26. The molecule has 0 saturated carbocycles. The first-order valence-corrected chi connectivity index (χ1v) is 8.14. The van der Waals surface area contributed by atoms with E-state index in [4.69, 9.17) is 9.47 Å². The van der Waals surface area contributed by atoms with Crippen molar-refractivity contribution in [2.75, 3.05) is 19.8 Å². The van der Waals surface area contributed by atoms with Crippen LogP contribution >= 0.6 is 0 Å². The van der Waals surface area contributed by atoms with Gasteiger partial charge in [0.1, 0.15) is 12.3 Å². The van der Waals surface area contributed by atoms with Crippen molar-refractivity contribution in [2.24, 2.45) is 0 Å². The summed E-state index contributed by atoms with van der Waals surface area (Å²) >= 11 is 0. The highest BCUT2D eigenvalue weighted by molar-refractivity contribution is 5.75. The molecule has 24 heavy (non-hydrogen) atoms. The molecule has 128 valence electrons. The van der Waals surface area contributed by atoms with Gasteiger partial charge in [-0.3, -0.25) is 4.79 Å². The summed E-state index contributed by atoms with van der Waals surface area (Å²) in [6.07, 6.45) is 2.16. The Morgan fingerprint density at radius 2 is 2.25 bits per heavy atom. The molecular weight excluding hydrogens is 310 g/mol. The number of hydrogen-bond donors (Lipinski definition) is 1. The highest BCUT2D eigenvalue weighted by atomic mass is 16.5. The maximum Gasteiger partial charge on any atom is 0.243 e. The van der Waals surface area contributed by atoms with Crippen molar-refractivity contribution in [2.45, 2.75) is 32.4 Å². The Balaban J connectivity index is 1.53. The molecule has 1 atom stereocenters. The van der Waals surface area contributed by atoms with Crippen molar-refractivity contribution in [1.82, 2.24) is 25.5 Å². The molecule has 3 rings (SSSR count). The minimum Gasteiger partial charge on any atom is -0.494 e. The van der Waals surface area contributed by atoms with E-state index in [1.54, 1.807) is 0 Å². The summed E-state index contributed by atoms with van der Waals surface area (Å²) in [6, 6.07) is 7.44. The van der Waals surface area contributed by atoms with E-state index in [0.29, 0.717) is 19.0 Å². The molecule has 2 aromatic rings. The highest BCUT2D eigenvalue weighted by Crippen LogP contribution is 2.18. The predicted octanol–water partition coefficient (Wildman–Crippen LogP) is 1.03. The highest BCUT2D eigenvalue weighted by Gasteiger charge is 2.16. The Hall–Kier alpha value is -2.48. The van der Waals surface area contributed by atoms with Crippen molar-refractivity contribution in [1.29, 1.82) is 0 Å². The number of nitrogens with zero attached hydrogens (tertiary/aromatic N) is 4. The lowest BCUT2D eigenvalue weighted by atomic mass is 10.2. The lowest BCUT2D eigenvalue weighted by Gasteiger charge is -2.10. The van der Waals surface area contributed by atoms with Crippen LogP contribution in [0.2, 0.25) is 0 Å². The Labute approximate surface area is 140 Å². The summed E-state index contributed by atoms with van der Waals surface area (Å²) in [5.74, 6) is 1.12. The molecule has 8 nitrogen and oxygen atoms in total. The molecule has 1 aromatic heterocycles. The topological polar surface area (TPSA) is 91.2 Å². The second-order valence-electron chi connectivity index (χ2n) is 5.54. The first kappa shape index (κ1) is 16.4. The molecule has 1 saturated heterocycles. The Morgan fingerprint density at radius 1 is 1.42 bits per heavy atom. The molecule has 1 aromatic carbocycles. The fraction of sp³-hybridized carbons (Fsp3) is 0.500. The standard InChI is InChI=1S/C16H21N5O3/c1-2-23-13-7-5-12(6-8-13)16-18-20-21(19-16)11-15(22)17-10-14-4-3-9-24-14/h5-8,14H,2-4,9-11H2,1H3,(H,17,22). The quantitative estimate of drug-likeness (QED) is 0.815. The molecule has 1 N–H and O–H groups in total. The van der Waals surface area contributed by atoms with Gasteiger partial charge in [0.25, 0.3) is 0 Å². The fourth-order valence-electron chi connectivity index (χ4n) is 2.51. The van der Waals surface area contributed by atoms with Gasteiger partial charge in [-0.25, -0.2) is 0 Å². The molecule has 2 heterocycles. The van der Waals surface area contributed by atoms with Crippen LogP contribution in [-0.4, -0.2) is 52.0 Å². The predicted molar refractivity (Wildman–Crippen MR) is 86.4 cm³/mol. The van der Waals surface area contributed by atoms with E-state index in [1.165, 1.54) is 4.80 Å². The van der Waals surface area contributed by atoms with Crippen LogP contribution in [0.3, 0.4) is 0 Å². The lowest BCUT2D eigenvalue weighted by Crippen LogP contribution is -2.34. The second-order valence-corrected chi connectivity index (χ2v) is 5.54. The SMILES string of the molecule is CCOc1ccc(-c2nnn(CC(=O)NCC3CCCO3)n2)cc1. The molecule has 1 aliphatic heterocycles. The van der Waals surface area contributed by atoms with Crippen molar-refractivity contribution in [3.05, 3.63) is 24.3 Å². The van der Waals surface area contributed by atoms with E-state index in [9.17, 15) is 4.79 Å². The summed E-state index contributed by atoms with van der Waals surface area (Å²) in [5.41, 5.74) is 0.824. The maximum absolute atomic E-state index is 11.9. The van der Waals surface area contributed by atoms with Gasteiger partial charge in [0.05, 0.1) is 12.7 Å². The maximum atomic E-state index is 11.9. The van der Waals surface area contributed by atoms with Gasteiger partial charge in [-0.2, -0.15) is 4.80 Å². The number of tetrazole rings is 1. The number of benzene rings is 1. The van der Waals surface area contributed by atoms with Gasteiger partial charge in [-0.05, 0) is 49.2 Å². The minimum atomic E-state index is -0.152. The van der Waals surface area contributed by atoms with Crippen molar-refractivity contribution >= 4 is 5.91 Å². The van der Waals surface area contributed by atoms with Gasteiger partial charge in [0, 0.05) is 18.7 Å². The van der Waals surface area contributed by atoms with E-state index < -0.39 is 0 Å².